The minimum atomic E-state index is 0.766. The molecule has 0 saturated carbocycles. The fourth-order valence-corrected chi connectivity index (χ4v) is 8.33. The van der Waals surface area contributed by atoms with Gasteiger partial charge in [-0.3, -0.25) is 9.98 Å². The van der Waals surface area contributed by atoms with Gasteiger partial charge in [0.1, 0.15) is 0 Å². The molecular formula is C44H30N4S. The van der Waals surface area contributed by atoms with Crippen molar-refractivity contribution < 1.29 is 0 Å². The summed E-state index contributed by atoms with van der Waals surface area (Å²) < 4.78 is 5.01. The highest BCUT2D eigenvalue weighted by Gasteiger charge is 2.23. The molecule has 0 amide bonds. The number of fused-ring (bicyclic) bond motifs is 10. The van der Waals surface area contributed by atoms with Gasteiger partial charge in [-0.15, -0.1) is 11.3 Å². The van der Waals surface area contributed by atoms with E-state index < -0.39 is 0 Å². The summed E-state index contributed by atoms with van der Waals surface area (Å²) in [6.45, 7) is 5.83. The van der Waals surface area contributed by atoms with Crippen molar-refractivity contribution in [2.75, 3.05) is 0 Å². The highest BCUT2D eigenvalue weighted by Crippen LogP contribution is 2.48. The first-order chi connectivity index (χ1) is 24.2. The van der Waals surface area contributed by atoms with Crippen LogP contribution in [0.2, 0.25) is 0 Å². The summed E-state index contributed by atoms with van der Waals surface area (Å²) >= 11 is 1.87. The molecule has 4 heterocycles. The zero-order valence-electron chi connectivity index (χ0n) is 26.8. The second-order valence-electron chi connectivity index (χ2n) is 12.0. The van der Waals surface area contributed by atoms with E-state index in [9.17, 15) is 0 Å². The van der Waals surface area contributed by atoms with Crippen molar-refractivity contribution in [3.05, 3.63) is 158 Å². The van der Waals surface area contributed by atoms with E-state index in [-0.39, 0.29) is 0 Å². The molecule has 0 saturated heterocycles. The van der Waals surface area contributed by atoms with Crippen molar-refractivity contribution in [1.29, 1.82) is 0 Å². The minimum absolute atomic E-state index is 0.766. The van der Waals surface area contributed by atoms with Crippen molar-refractivity contribution in [3.8, 4) is 28.2 Å². The van der Waals surface area contributed by atoms with Crippen molar-refractivity contribution in [2.45, 2.75) is 6.92 Å². The van der Waals surface area contributed by atoms with Crippen LogP contribution in [0.25, 0.3) is 86.6 Å². The Labute approximate surface area is 287 Å². The van der Waals surface area contributed by atoms with Crippen molar-refractivity contribution >= 4 is 76.0 Å². The second-order valence-corrected chi connectivity index (χ2v) is 13.1. The Balaban J connectivity index is 1.50. The van der Waals surface area contributed by atoms with Gasteiger partial charge in [0.05, 0.1) is 39.5 Å². The third-order valence-corrected chi connectivity index (χ3v) is 10.4. The molecule has 0 aliphatic rings. The highest BCUT2D eigenvalue weighted by atomic mass is 32.1. The van der Waals surface area contributed by atoms with Crippen LogP contribution in [0.1, 0.15) is 12.6 Å². The van der Waals surface area contributed by atoms with Crippen LogP contribution in [0.3, 0.4) is 0 Å². The molecule has 5 aromatic carbocycles. The van der Waals surface area contributed by atoms with Crippen LogP contribution < -0.4 is 0 Å². The summed E-state index contributed by atoms with van der Waals surface area (Å²) in [5.74, 6) is 0. The van der Waals surface area contributed by atoms with Gasteiger partial charge < -0.3 is 4.57 Å². The maximum atomic E-state index is 5.11. The number of benzene rings is 5. The number of rotatable bonds is 6. The first kappa shape index (κ1) is 29.0. The molecule has 0 radical (unpaired) electrons. The lowest BCUT2D eigenvalue weighted by molar-refractivity contribution is 1.14. The van der Waals surface area contributed by atoms with E-state index in [4.69, 9.17) is 15.0 Å². The van der Waals surface area contributed by atoms with E-state index in [0.717, 1.165) is 34.0 Å². The Morgan fingerprint density at radius 2 is 1.49 bits per heavy atom. The molecule has 5 heteroatoms. The number of allylic oxidation sites excluding steroid dienone is 2. The molecule has 0 atom stereocenters. The zero-order chi connectivity index (χ0) is 32.9. The standard InChI is InChI=1S/C44H30N4S/c1-3-23-45-35(4-2)37-26-30(27-38(47-37)36-19-12-13-24-46-36)48-39-22-21-29(28-14-6-5-7-15-28)25-34(39)41-31-16-8-9-17-32(31)44-42(43(41)48)33-18-10-11-20-40(33)49-44/h3-27H,1H2,2H3/b35-4-,45-23?. The van der Waals surface area contributed by atoms with Crippen molar-refractivity contribution in [2.24, 2.45) is 4.99 Å². The summed E-state index contributed by atoms with van der Waals surface area (Å²) in [7, 11) is 0. The molecule has 4 nitrogen and oxygen atoms in total. The third-order valence-electron chi connectivity index (χ3n) is 9.20. The number of pyridine rings is 2. The highest BCUT2D eigenvalue weighted by molar-refractivity contribution is 7.27. The van der Waals surface area contributed by atoms with Gasteiger partial charge >= 0.3 is 0 Å². The summed E-state index contributed by atoms with van der Waals surface area (Å²) in [6.07, 6.45) is 7.20. The fourth-order valence-electron chi connectivity index (χ4n) is 7.09. The topological polar surface area (TPSA) is 43.1 Å². The van der Waals surface area contributed by atoms with Crippen LogP contribution >= 0.6 is 11.3 Å². The van der Waals surface area contributed by atoms with E-state index in [1.807, 2.05) is 48.7 Å². The quantitative estimate of drug-likeness (QED) is 0.169. The monoisotopic (exact) mass is 646 g/mol. The molecule has 49 heavy (non-hydrogen) atoms. The molecule has 0 spiro atoms. The van der Waals surface area contributed by atoms with E-state index >= 15 is 0 Å². The molecule has 0 fully saturated rings. The van der Waals surface area contributed by atoms with Gasteiger partial charge in [0.2, 0.25) is 0 Å². The average Bonchev–Trinajstić information content (AvgIpc) is 3.72. The number of hydrogen-bond acceptors (Lipinski definition) is 4. The molecule has 0 aliphatic carbocycles. The van der Waals surface area contributed by atoms with E-state index in [1.54, 1.807) is 12.3 Å². The van der Waals surface area contributed by atoms with Gasteiger partial charge in [0, 0.05) is 48.7 Å². The zero-order valence-corrected chi connectivity index (χ0v) is 27.7. The SMILES string of the molecule is C=CC=N/C(=C\C)c1cc(-n2c3ccc(-c4ccccc4)cc3c3c4ccccc4c4sc5ccccc5c4c32)cc(-c2ccccn2)n1. The number of aromatic nitrogens is 3. The second kappa shape index (κ2) is 11.8. The van der Waals surface area contributed by atoms with Crippen LogP contribution in [0.15, 0.2) is 157 Å². The summed E-state index contributed by atoms with van der Waals surface area (Å²) in [4.78, 5) is 14.5. The maximum Gasteiger partial charge on any atom is 0.0915 e. The molecule has 9 rings (SSSR count). The lowest BCUT2D eigenvalue weighted by atomic mass is 9.98. The molecule has 4 aromatic heterocycles. The number of aliphatic imine (C=N–C) groups is 1. The fraction of sp³-hybridized carbons (Fsp3) is 0.0227. The van der Waals surface area contributed by atoms with Gasteiger partial charge in [0.25, 0.3) is 0 Å². The first-order valence-electron chi connectivity index (χ1n) is 16.3. The molecule has 9 aromatic rings. The Morgan fingerprint density at radius 3 is 2.29 bits per heavy atom. The maximum absolute atomic E-state index is 5.11. The predicted molar refractivity (Wildman–Crippen MR) is 210 cm³/mol. The molecule has 0 aliphatic heterocycles. The Hall–Kier alpha value is -6.17. The lowest BCUT2D eigenvalue weighted by Gasteiger charge is -2.14. The molecule has 232 valence electrons. The summed E-state index contributed by atoms with van der Waals surface area (Å²) in [5.41, 5.74) is 8.81. The van der Waals surface area contributed by atoms with Crippen molar-refractivity contribution in [3.63, 3.8) is 0 Å². The molecule has 0 bridgehead atoms. The van der Waals surface area contributed by atoms with Crippen LogP contribution in [0.5, 0.6) is 0 Å². The Morgan fingerprint density at radius 1 is 0.714 bits per heavy atom. The van der Waals surface area contributed by atoms with E-state index in [0.29, 0.717) is 0 Å². The normalized spacial score (nSPS) is 12.3. The minimum Gasteiger partial charge on any atom is -0.308 e. The van der Waals surface area contributed by atoms with Gasteiger partial charge in [-0.05, 0) is 65.9 Å². The van der Waals surface area contributed by atoms with Crippen LogP contribution in [0.4, 0.5) is 0 Å². The molecular weight excluding hydrogens is 617 g/mol. The Bertz CT molecular complexity index is 2790. The largest absolute Gasteiger partial charge is 0.308 e. The third kappa shape index (κ3) is 4.70. The van der Waals surface area contributed by atoms with Gasteiger partial charge in [-0.1, -0.05) is 104 Å². The van der Waals surface area contributed by atoms with E-state index in [2.05, 4.69) is 120 Å². The molecule has 0 unspecified atom stereocenters. The predicted octanol–water partition coefficient (Wildman–Crippen LogP) is 12.0. The smallest absolute Gasteiger partial charge is 0.0915 e. The Kier molecular flexibility index (Phi) is 6.99. The lowest BCUT2D eigenvalue weighted by Crippen LogP contribution is -2.00. The van der Waals surface area contributed by atoms with Gasteiger partial charge in [0.15, 0.2) is 0 Å². The van der Waals surface area contributed by atoms with Crippen molar-refractivity contribution in [1.82, 2.24) is 14.5 Å². The van der Waals surface area contributed by atoms with Crippen LogP contribution in [0, 0.1) is 0 Å². The molecule has 0 N–H and O–H groups in total. The number of thiophene rings is 1. The van der Waals surface area contributed by atoms with Gasteiger partial charge in [-0.25, -0.2) is 4.98 Å². The van der Waals surface area contributed by atoms with E-state index in [1.165, 1.54) is 58.4 Å². The number of nitrogens with zero attached hydrogens (tertiary/aromatic N) is 4. The first-order valence-corrected chi connectivity index (χ1v) is 17.2. The van der Waals surface area contributed by atoms with Gasteiger partial charge in [-0.2, -0.15) is 0 Å². The van der Waals surface area contributed by atoms with Crippen LogP contribution in [-0.2, 0) is 0 Å². The summed E-state index contributed by atoms with van der Waals surface area (Å²) in [5, 5.41) is 7.49. The number of hydrogen-bond donors (Lipinski definition) is 0. The summed E-state index contributed by atoms with van der Waals surface area (Å²) in [6, 6.07) is 45.4. The van der Waals surface area contributed by atoms with Crippen LogP contribution in [-0.4, -0.2) is 20.7 Å². The average molecular weight is 647 g/mol.